The molecule has 0 aromatic carbocycles. The van der Waals surface area contributed by atoms with Gasteiger partial charge >= 0.3 is 6.08 Å². The molecule has 1 aromatic heterocycles. The number of anilines is 1. The summed E-state index contributed by atoms with van der Waals surface area (Å²) >= 11 is 5.84. The van der Waals surface area contributed by atoms with Crippen LogP contribution in [-0.2, 0) is 0 Å². The Kier molecular flexibility index (Phi) is 3.05. The summed E-state index contributed by atoms with van der Waals surface area (Å²) in [4.78, 5) is 7.00. The maximum Gasteiger partial charge on any atom is 0.310 e. The van der Waals surface area contributed by atoms with E-state index < -0.39 is 6.08 Å². The zero-order chi connectivity index (χ0) is 10.8. The van der Waals surface area contributed by atoms with Crippen molar-refractivity contribution in [2.75, 3.05) is 5.32 Å². The highest BCUT2D eigenvalue weighted by atomic mass is 35.5. The average Bonchev–Trinajstić information content (AvgIpc) is 2.91. The predicted octanol–water partition coefficient (Wildman–Crippen LogP) is 2.87. The van der Waals surface area contributed by atoms with E-state index in [9.17, 15) is 4.39 Å². The highest BCUT2D eigenvalue weighted by Crippen LogP contribution is 2.37. The van der Waals surface area contributed by atoms with Gasteiger partial charge < -0.3 is 5.32 Å². The normalized spacial score (nSPS) is 23.9. The van der Waals surface area contributed by atoms with Crippen molar-refractivity contribution in [2.24, 2.45) is 5.92 Å². The van der Waals surface area contributed by atoms with E-state index in [1.807, 2.05) is 0 Å². The van der Waals surface area contributed by atoms with Gasteiger partial charge in [0, 0.05) is 6.04 Å². The number of halogens is 2. The molecule has 15 heavy (non-hydrogen) atoms. The van der Waals surface area contributed by atoms with Gasteiger partial charge in [-0.05, 0) is 18.8 Å². The summed E-state index contributed by atoms with van der Waals surface area (Å²) in [5.74, 6) is 1.09. The minimum absolute atomic E-state index is 0.374. The van der Waals surface area contributed by atoms with Crippen molar-refractivity contribution >= 4 is 17.4 Å². The Morgan fingerprint density at radius 1 is 1.67 bits per heavy atom. The van der Waals surface area contributed by atoms with Gasteiger partial charge in [-0.15, -0.1) is 0 Å². The quantitative estimate of drug-likeness (QED) is 0.807. The van der Waals surface area contributed by atoms with Crippen molar-refractivity contribution in [1.29, 1.82) is 0 Å². The van der Waals surface area contributed by atoms with Crippen LogP contribution in [0.4, 0.5) is 10.2 Å². The van der Waals surface area contributed by atoms with Gasteiger partial charge in [-0.25, -0.2) is 4.98 Å². The molecule has 1 fully saturated rings. The van der Waals surface area contributed by atoms with Crippen LogP contribution >= 0.6 is 11.6 Å². The van der Waals surface area contributed by atoms with Crippen molar-refractivity contribution in [2.45, 2.75) is 32.2 Å². The van der Waals surface area contributed by atoms with Crippen LogP contribution in [0.25, 0.3) is 0 Å². The maximum absolute atomic E-state index is 12.7. The Labute approximate surface area is 93.1 Å². The second kappa shape index (κ2) is 4.31. The molecule has 0 aliphatic heterocycles. The van der Waals surface area contributed by atoms with Crippen LogP contribution in [0, 0.1) is 12.0 Å². The number of hydrogen-bond acceptors (Lipinski definition) is 3. The van der Waals surface area contributed by atoms with Gasteiger partial charge in [-0.2, -0.15) is 9.37 Å². The third-order valence-corrected chi connectivity index (χ3v) is 2.90. The summed E-state index contributed by atoms with van der Waals surface area (Å²) < 4.78 is 12.7. The highest BCUT2D eigenvalue weighted by molar-refractivity contribution is 6.32. The van der Waals surface area contributed by atoms with E-state index in [-0.39, 0.29) is 0 Å². The second-order valence-electron chi connectivity index (χ2n) is 3.87. The molecule has 2 atom stereocenters. The molecule has 0 radical (unpaired) electrons. The number of nitrogens with one attached hydrogen (secondary N) is 1. The molecule has 3 nitrogen and oxygen atoms in total. The number of hydrogen-bond donors (Lipinski definition) is 1. The van der Waals surface area contributed by atoms with Gasteiger partial charge in [0.15, 0.2) is 5.82 Å². The van der Waals surface area contributed by atoms with Crippen LogP contribution in [0.5, 0.6) is 0 Å². The van der Waals surface area contributed by atoms with Gasteiger partial charge in [0.05, 0.1) is 6.20 Å². The Hall–Kier alpha value is -0.900. The molecule has 1 aliphatic carbocycles. The highest BCUT2D eigenvalue weighted by Gasteiger charge is 2.36. The molecule has 0 saturated heterocycles. The van der Waals surface area contributed by atoms with E-state index in [1.165, 1.54) is 19.0 Å². The summed E-state index contributed by atoms with van der Waals surface area (Å²) in [6.07, 6.45) is 4.03. The molecule has 1 N–H and O–H groups in total. The molecule has 1 saturated carbocycles. The van der Waals surface area contributed by atoms with Crippen molar-refractivity contribution in [3.63, 3.8) is 0 Å². The molecule has 2 unspecified atom stereocenters. The van der Waals surface area contributed by atoms with Crippen LogP contribution in [0.2, 0.25) is 5.02 Å². The van der Waals surface area contributed by atoms with Crippen molar-refractivity contribution in [3.05, 3.63) is 17.3 Å². The Morgan fingerprint density at radius 3 is 3.20 bits per heavy atom. The fourth-order valence-corrected chi connectivity index (χ4v) is 1.88. The second-order valence-corrected chi connectivity index (χ2v) is 4.28. The minimum atomic E-state index is -0.741. The summed E-state index contributed by atoms with van der Waals surface area (Å²) in [5, 5.41) is 3.51. The summed E-state index contributed by atoms with van der Waals surface area (Å²) in [5.41, 5.74) is 0. The van der Waals surface area contributed by atoms with E-state index in [0.29, 0.717) is 22.8 Å². The molecular weight excluding hydrogens is 217 g/mol. The Balaban J connectivity index is 1.97. The Morgan fingerprint density at radius 2 is 2.47 bits per heavy atom. The standard InChI is InChI=1S/C10H13ClFN3/c1-2-3-6-4-8(6)14-9-7(11)5-13-10(12)15-9/h5-6,8H,2-4H2,1H3,(H,13,14,15). The number of aromatic nitrogens is 2. The zero-order valence-electron chi connectivity index (χ0n) is 8.50. The summed E-state index contributed by atoms with van der Waals surface area (Å²) in [7, 11) is 0. The summed E-state index contributed by atoms with van der Waals surface area (Å²) in [6.45, 7) is 2.16. The smallest absolute Gasteiger partial charge is 0.310 e. The topological polar surface area (TPSA) is 37.8 Å². The molecular formula is C10H13ClFN3. The molecule has 0 amide bonds. The lowest BCUT2D eigenvalue weighted by Gasteiger charge is -2.05. The largest absolute Gasteiger partial charge is 0.366 e. The monoisotopic (exact) mass is 229 g/mol. The fourth-order valence-electron chi connectivity index (χ4n) is 1.74. The molecule has 1 aromatic rings. The number of nitrogens with zero attached hydrogens (tertiary/aromatic N) is 2. The molecule has 1 heterocycles. The Bertz CT molecular complexity index is 359. The first-order chi connectivity index (χ1) is 7.20. The molecule has 0 spiro atoms. The van der Waals surface area contributed by atoms with Gasteiger partial charge in [-0.3, -0.25) is 0 Å². The van der Waals surface area contributed by atoms with E-state index >= 15 is 0 Å². The van der Waals surface area contributed by atoms with Crippen LogP contribution < -0.4 is 5.32 Å². The van der Waals surface area contributed by atoms with E-state index in [2.05, 4.69) is 22.2 Å². The van der Waals surface area contributed by atoms with Gasteiger partial charge in [0.2, 0.25) is 0 Å². The lowest BCUT2D eigenvalue weighted by Crippen LogP contribution is -2.08. The first kappa shape index (κ1) is 10.6. The number of rotatable bonds is 4. The summed E-state index contributed by atoms with van der Waals surface area (Å²) in [6, 6.07) is 0.400. The third-order valence-electron chi connectivity index (χ3n) is 2.62. The van der Waals surface area contributed by atoms with Crippen LogP contribution in [0.15, 0.2) is 6.20 Å². The van der Waals surface area contributed by atoms with Crippen molar-refractivity contribution in [3.8, 4) is 0 Å². The third kappa shape index (κ3) is 2.56. The van der Waals surface area contributed by atoms with Gasteiger partial charge in [0.1, 0.15) is 5.02 Å². The van der Waals surface area contributed by atoms with E-state index in [0.717, 1.165) is 6.42 Å². The average molecular weight is 230 g/mol. The maximum atomic E-state index is 12.7. The SMILES string of the molecule is CCCC1CC1Nc1nc(F)ncc1Cl. The van der Waals surface area contributed by atoms with E-state index in [4.69, 9.17) is 11.6 Å². The molecule has 0 bridgehead atoms. The minimum Gasteiger partial charge on any atom is -0.366 e. The lowest BCUT2D eigenvalue weighted by atomic mass is 10.2. The lowest BCUT2D eigenvalue weighted by molar-refractivity contribution is 0.540. The zero-order valence-corrected chi connectivity index (χ0v) is 9.26. The first-order valence-corrected chi connectivity index (χ1v) is 5.53. The molecule has 2 rings (SSSR count). The fraction of sp³-hybridized carbons (Fsp3) is 0.600. The molecule has 82 valence electrons. The van der Waals surface area contributed by atoms with Crippen LogP contribution in [0.1, 0.15) is 26.2 Å². The van der Waals surface area contributed by atoms with Crippen LogP contribution in [0.3, 0.4) is 0 Å². The molecule has 5 heteroatoms. The van der Waals surface area contributed by atoms with Crippen molar-refractivity contribution in [1.82, 2.24) is 9.97 Å². The van der Waals surface area contributed by atoms with Crippen molar-refractivity contribution < 1.29 is 4.39 Å². The predicted molar refractivity (Wildman–Crippen MR) is 57.4 cm³/mol. The van der Waals surface area contributed by atoms with Gasteiger partial charge in [-0.1, -0.05) is 24.9 Å². The molecule has 1 aliphatic rings. The van der Waals surface area contributed by atoms with Crippen LogP contribution in [-0.4, -0.2) is 16.0 Å². The first-order valence-electron chi connectivity index (χ1n) is 5.15. The van der Waals surface area contributed by atoms with E-state index in [1.54, 1.807) is 0 Å². The van der Waals surface area contributed by atoms with Gasteiger partial charge in [0.25, 0.3) is 0 Å².